The molecule has 0 spiro atoms. The topological polar surface area (TPSA) is 29.1 Å². The summed E-state index contributed by atoms with van der Waals surface area (Å²) in [6.45, 7) is 5.03. The number of carbonyl (C=O) groups is 1. The number of rotatable bonds is 6. The minimum absolute atomic E-state index is 0.0228. The van der Waals surface area contributed by atoms with E-state index in [4.69, 9.17) is 0 Å². The fraction of sp³-hybridized carbons (Fsp3) is 0.353. The van der Waals surface area contributed by atoms with Crippen LogP contribution in [0.2, 0.25) is 0 Å². The summed E-state index contributed by atoms with van der Waals surface area (Å²) in [6, 6.07) is 14.0. The summed E-state index contributed by atoms with van der Waals surface area (Å²) in [5.74, 6) is 0.724. The number of aryl methyl sites for hydroxylation is 1. The molecule has 2 aromatic rings. The van der Waals surface area contributed by atoms with Crippen molar-refractivity contribution in [3.8, 4) is 0 Å². The lowest BCUT2D eigenvalue weighted by Gasteiger charge is -2.03. The van der Waals surface area contributed by atoms with Gasteiger partial charge in [-0.25, -0.2) is 0 Å². The first kappa shape index (κ1) is 14.8. The van der Waals surface area contributed by atoms with E-state index in [9.17, 15) is 4.79 Å². The SMILES string of the molecule is CC(C)CCc1ccc(C(=O)NCc2ccccc2)s1. The van der Waals surface area contributed by atoms with Crippen LogP contribution in [0.3, 0.4) is 0 Å². The zero-order valence-electron chi connectivity index (χ0n) is 12.1. The monoisotopic (exact) mass is 287 g/mol. The van der Waals surface area contributed by atoms with E-state index in [-0.39, 0.29) is 5.91 Å². The summed E-state index contributed by atoms with van der Waals surface area (Å²) in [5, 5.41) is 2.96. The Bertz CT molecular complexity index is 545. The molecule has 0 radical (unpaired) electrons. The predicted molar refractivity (Wildman–Crippen MR) is 85.1 cm³/mol. The number of benzene rings is 1. The molecule has 0 bridgehead atoms. The molecule has 1 heterocycles. The van der Waals surface area contributed by atoms with E-state index in [1.165, 1.54) is 11.3 Å². The summed E-state index contributed by atoms with van der Waals surface area (Å²) in [5.41, 5.74) is 1.12. The molecule has 0 unspecified atom stereocenters. The van der Waals surface area contributed by atoms with Crippen LogP contribution in [0, 0.1) is 5.92 Å². The Kier molecular flexibility index (Phi) is 5.36. The molecular formula is C17H21NOS. The quantitative estimate of drug-likeness (QED) is 0.844. The number of nitrogens with one attached hydrogen (secondary N) is 1. The zero-order valence-corrected chi connectivity index (χ0v) is 12.9. The van der Waals surface area contributed by atoms with Crippen molar-refractivity contribution in [1.29, 1.82) is 0 Å². The summed E-state index contributed by atoms with van der Waals surface area (Å²) in [7, 11) is 0. The normalized spacial score (nSPS) is 10.8. The molecule has 0 aliphatic heterocycles. The summed E-state index contributed by atoms with van der Waals surface area (Å²) >= 11 is 1.61. The molecular weight excluding hydrogens is 266 g/mol. The van der Waals surface area contributed by atoms with Gasteiger partial charge in [-0.1, -0.05) is 44.2 Å². The van der Waals surface area contributed by atoms with Gasteiger partial charge in [0.25, 0.3) is 5.91 Å². The lowest BCUT2D eigenvalue weighted by Crippen LogP contribution is -2.21. The van der Waals surface area contributed by atoms with Crippen LogP contribution < -0.4 is 5.32 Å². The number of hydrogen-bond acceptors (Lipinski definition) is 2. The van der Waals surface area contributed by atoms with Gasteiger partial charge in [0.15, 0.2) is 0 Å². The summed E-state index contributed by atoms with van der Waals surface area (Å²) < 4.78 is 0. The maximum absolute atomic E-state index is 12.1. The summed E-state index contributed by atoms with van der Waals surface area (Å²) in [6.07, 6.45) is 2.24. The Morgan fingerprint density at radius 1 is 1.15 bits per heavy atom. The van der Waals surface area contributed by atoms with Gasteiger partial charge in [-0.2, -0.15) is 0 Å². The van der Waals surface area contributed by atoms with E-state index in [1.54, 1.807) is 11.3 Å². The average Bonchev–Trinajstić information content (AvgIpc) is 2.92. The number of amides is 1. The highest BCUT2D eigenvalue weighted by atomic mass is 32.1. The molecule has 1 amide bonds. The van der Waals surface area contributed by atoms with Crippen LogP contribution in [-0.2, 0) is 13.0 Å². The van der Waals surface area contributed by atoms with Crippen LogP contribution in [0.5, 0.6) is 0 Å². The Morgan fingerprint density at radius 3 is 2.60 bits per heavy atom. The maximum Gasteiger partial charge on any atom is 0.261 e. The first-order valence-electron chi connectivity index (χ1n) is 7.06. The third-order valence-electron chi connectivity index (χ3n) is 3.15. The van der Waals surface area contributed by atoms with Crippen LogP contribution >= 0.6 is 11.3 Å². The van der Waals surface area contributed by atoms with Gasteiger partial charge in [0.1, 0.15) is 0 Å². The van der Waals surface area contributed by atoms with Gasteiger partial charge in [-0.05, 0) is 36.5 Å². The lowest BCUT2D eigenvalue weighted by atomic mass is 10.1. The van der Waals surface area contributed by atoms with E-state index >= 15 is 0 Å². The van der Waals surface area contributed by atoms with E-state index in [1.807, 2.05) is 36.4 Å². The van der Waals surface area contributed by atoms with Crippen molar-refractivity contribution in [2.45, 2.75) is 33.2 Å². The molecule has 0 aliphatic carbocycles. The van der Waals surface area contributed by atoms with Crippen LogP contribution in [0.1, 0.15) is 40.4 Å². The molecule has 0 saturated carbocycles. The number of thiophene rings is 1. The standard InChI is InChI=1S/C17H21NOS/c1-13(2)8-9-15-10-11-16(20-15)17(19)18-12-14-6-4-3-5-7-14/h3-7,10-11,13H,8-9,12H2,1-2H3,(H,18,19). The zero-order chi connectivity index (χ0) is 14.4. The van der Waals surface area contributed by atoms with Crippen molar-refractivity contribution in [2.24, 2.45) is 5.92 Å². The third-order valence-corrected chi connectivity index (χ3v) is 4.29. The van der Waals surface area contributed by atoms with Gasteiger partial charge in [0.05, 0.1) is 4.88 Å². The highest BCUT2D eigenvalue weighted by Gasteiger charge is 2.09. The number of hydrogen-bond donors (Lipinski definition) is 1. The highest BCUT2D eigenvalue weighted by molar-refractivity contribution is 7.14. The van der Waals surface area contributed by atoms with Crippen LogP contribution in [0.4, 0.5) is 0 Å². The van der Waals surface area contributed by atoms with Crippen LogP contribution in [0.25, 0.3) is 0 Å². The second kappa shape index (κ2) is 7.25. The molecule has 2 nitrogen and oxygen atoms in total. The third kappa shape index (κ3) is 4.49. The minimum atomic E-state index is 0.0228. The van der Waals surface area contributed by atoms with Crippen molar-refractivity contribution in [3.63, 3.8) is 0 Å². The first-order chi connectivity index (χ1) is 9.65. The molecule has 2 rings (SSSR count). The van der Waals surface area contributed by atoms with Crippen LogP contribution in [0.15, 0.2) is 42.5 Å². The largest absolute Gasteiger partial charge is 0.347 e. The van der Waals surface area contributed by atoms with Gasteiger partial charge in [-0.3, -0.25) is 4.79 Å². The van der Waals surface area contributed by atoms with Gasteiger partial charge in [0.2, 0.25) is 0 Å². The number of carbonyl (C=O) groups excluding carboxylic acids is 1. The Hall–Kier alpha value is -1.61. The average molecular weight is 287 g/mol. The van der Waals surface area contributed by atoms with E-state index < -0.39 is 0 Å². The molecule has 0 saturated heterocycles. The van der Waals surface area contributed by atoms with Gasteiger partial charge in [0, 0.05) is 11.4 Å². The minimum Gasteiger partial charge on any atom is -0.347 e. The Balaban J connectivity index is 1.86. The molecule has 3 heteroatoms. The first-order valence-corrected chi connectivity index (χ1v) is 7.87. The van der Waals surface area contributed by atoms with Gasteiger partial charge in [-0.15, -0.1) is 11.3 Å². The van der Waals surface area contributed by atoms with Crippen LogP contribution in [-0.4, -0.2) is 5.91 Å². The smallest absolute Gasteiger partial charge is 0.261 e. The predicted octanol–water partition coefficient (Wildman–Crippen LogP) is 4.27. The fourth-order valence-corrected chi connectivity index (χ4v) is 2.87. The summed E-state index contributed by atoms with van der Waals surface area (Å²) in [4.78, 5) is 14.2. The molecule has 0 fully saturated rings. The van der Waals surface area contributed by atoms with E-state index in [0.717, 1.165) is 16.9 Å². The molecule has 20 heavy (non-hydrogen) atoms. The van der Waals surface area contributed by atoms with E-state index in [2.05, 4.69) is 25.2 Å². The molecule has 1 N–H and O–H groups in total. The Labute approximate surface area is 124 Å². The highest BCUT2D eigenvalue weighted by Crippen LogP contribution is 2.19. The molecule has 106 valence electrons. The maximum atomic E-state index is 12.1. The van der Waals surface area contributed by atoms with E-state index in [0.29, 0.717) is 12.5 Å². The van der Waals surface area contributed by atoms with Gasteiger partial charge >= 0.3 is 0 Å². The Morgan fingerprint density at radius 2 is 1.90 bits per heavy atom. The fourth-order valence-electron chi connectivity index (χ4n) is 1.93. The molecule has 0 atom stereocenters. The van der Waals surface area contributed by atoms with Crippen molar-refractivity contribution >= 4 is 17.2 Å². The van der Waals surface area contributed by atoms with Crippen molar-refractivity contribution in [3.05, 3.63) is 57.8 Å². The van der Waals surface area contributed by atoms with Gasteiger partial charge < -0.3 is 5.32 Å². The van der Waals surface area contributed by atoms with Crippen molar-refractivity contribution < 1.29 is 4.79 Å². The van der Waals surface area contributed by atoms with Crippen molar-refractivity contribution in [1.82, 2.24) is 5.32 Å². The lowest BCUT2D eigenvalue weighted by molar-refractivity contribution is 0.0955. The molecule has 0 aliphatic rings. The molecule has 1 aromatic carbocycles. The molecule has 1 aromatic heterocycles. The second-order valence-electron chi connectivity index (χ2n) is 5.37. The van der Waals surface area contributed by atoms with Crippen molar-refractivity contribution in [2.75, 3.05) is 0 Å². The second-order valence-corrected chi connectivity index (χ2v) is 6.54.